The number of hydrogen-bond donors (Lipinski definition) is 1. The molecule has 20 heavy (non-hydrogen) atoms. The maximum atomic E-state index is 11.4. The second-order valence-electron chi connectivity index (χ2n) is 5.11. The predicted octanol–water partition coefficient (Wildman–Crippen LogP) is 1.26. The third kappa shape index (κ3) is 2.76. The topological polar surface area (TPSA) is 59.9 Å². The van der Waals surface area contributed by atoms with Crippen molar-refractivity contribution in [3.63, 3.8) is 0 Å². The van der Waals surface area contributed by atoms with Crippen LogP contribution in [0.5, 0.6) is 0 Å². The monoisotopic (exact) mass is 294 g/mol. The van der Waals surface area contributed by atoms with Gasteiger partial charge in [-0.3, -0.25) is 9.79 Å². The Hall–Kier alpha value is -1.27. The highest BCUT2D eigenvalue weighted by Crippen LogP contribution is 2.33. The van der Waals surface area contributed by atoms with Crippen LogP contribution in [-0.2, 0) is 14.3 Å². The SMILES string of the molecule is COC(=O)[C@@H]1C[C@@H](OC2=CC3N=C(C)SC3C=C2)CN1. The van der Waals surface area contributed by atoms with E-state index in [9.17, 15) is 4.79 Å². The van der Waals surface area contributed by atoms with Gasteiger partial charge in [0, 0.05) is 13.0 Å². The molecule has 0 radical (unpaired) electrons. The largest absolute Gasteiger partial charge is 0.489 e. The van der Waals surface area contributed by atoms with E-state index in [1.807, 2.05) is 13.0 Å². The van der Waals surface area contributed by atoms with Gasteiger partial charge >= 0.3 is 5.97 Å². The Bertz CT molecular complexity index is 501. The Labute approximate surface area is 122 Å². The summed E-state index contributed by atoms with van der Waals surface area (Å²) < 4.78 is 10.7. The van der Waals surface area contributed by atoms with Crippen LogP contribution in [-0.4, -0.2) is 48.1 Å². The Morgan fingerprint density at radius 1 is 1.55 bits per heavy atom. The quantitative estimate of drug-likeness (QED) is 0.794. The molecule has 1 N–H and O–H groups in total. The van der Waals surface area contributed by atoms with Crippen LogP contribution >= 0.6 is 11.8 Å². The molecule has 1 saturated heterocycles. The van der Waals surface area contributed by atoms with E-state index in [1.165, 1.54) is 7.11 Å². The van der Waals surface area contributed by atoms with Crippen molar-refractivity contribution in [1.29, 1.82) is 0 Å². The summed E-state index contributed by atoms with van der Waals surface area (Å²) in [6.07, 6.45) is 6.87. The molecule has 2 aliphatic heterocycles. The predicted molar refractivity (Wildman–Crippen MR) is 78.8 cm³/mol. The summed E-state index contributed by atoms with van der Waals surface area (Å²) in [4.78, 5) is 16.0. The van der Waals surface area contributed by atoms with E-state index >= 15 is 0 Å². The van der Waals surface area contributed by atoms with Crippen LogP contribution < -0.4 is 5.32 Å². The maximum Gasteiger partial charge on any atom is 0.323 e. The number of ether oxygens (including phenoxy) is 2. The highest BCUT2D eigenvalue weighted by atomic mass is 32.2. The summed E-state index contributed by atoms with van der Waals surface area (Å²) in [7, 11) is 1.41. The zero-order chi connectivity index (χ0) is 14.1. The lowest BCUT2D eigenvalue weighted by atomic mass is 10.1. The van der Waals surface area contributed by atoms with Crippen molar-refractivity contribution in [2.45, 2.75) is 36.8 Å². The Morgan fingerprint density at radius 3 is 3.20 bits per heavy atom. The molecule has 0 aromatic rings. The van der Waals surface area contributed by atoms with E-state index < -0.39 is 0 Å². The first-order valence-corrected chi connectivity index (χ1v) is 7.62. The normalized spacial score (nSPS) is 35.3. The Morgan fingerprint density at radius 2 is 2.40 bits per heavy atom. The molecule has 0 bridgehead atoms. The number of methoxy groups -OCH3 is 1. The average Bonchev–Trinajstić information content (AvgIpc) is 3.03. The number of esters is 1. The van der Waals surface area contributed by atoms with Crippen molar-refractivity contribution in [2.24, 2.45) is 4.99 Å². The van der Waals surface area contributed by atoms with Gasteiger partial charge in [0.25, 0.3) is 0 Å². The van der Waals surface area contributed by atoms with Crippen LogP contribution in [0.2, 0.25) is 0 Å². The van der Waals surface area contributed by atoms with Gasteiger partial charge in [-0.1, -0.05) is 6.08 Å². The lowest BCUT2D eigenvalue weighted by molar-refractivity contribution is -0.142. The van der Waals surface area contributed by atoms with Crippen LogP contribution in [0, 0.1) is 0 Å². The minimum atomic E-state index is -0.256. The summed E-state index contributed by atoms with van der Waals surface area (Å²) in [5.74, 6) is 0.624. The third-order valence-corrected chi connectivity index (χ3v) is 4.79. The molecule has 6 heteroatoms. The summed E-state index contributed by atoms with van der Waals surface area (Å²) in [6.45, 7) is 2.70. The van der Waals surface area contributed by atoms with Crippen LogP contribution in [0.15, 0.2) is 29.0 Å². The second kappa shape index (κ2) is 5.61. The second-order valence-corrected chi connectivity index (χ2v) is 6.48. The minimum absolute atomic E-state index is 0.00526. The summed E-state index contributed by atoms with van der Waals surface area (Å²) in [6, 6.07) is -0.0704. The molecule has 0 saturated carbocycles. The number of allylic oxidation sites excluding steroid dienone is 1. The van der Waals surface area contributed by atoms with Crippen LogP contribution in [0.25, 0.3) is 0 Å². The molecule has 2 unspecified atom stereocenters. The molecule has 0 aromatic carbocycles. The summed E-state index contributed by atoms with van der Waals surface area (Å²) in [5.41, 5.74) is 0. The molecule has 1 fully saturated rings. The van der Waals surface area contributed by atoms with Gasteiger partial charge in [-0.15, -0.1) is 11.8 Å². The zero-order valence-corrected chi connectivity index (χ0v) is 12.4. The molecule has 108 valence electrons. The highest BCUT2D eigenvalue weighted by molar-refractivity contribution is 8.14. The van der Waals surface area contributed by atoms with Crippen molar-refractivity contribution in [1.82, 2.24) is 5.32 Å². The average molecular weight is 294 g/mol. The van der Waals surface area contributed by atoms with Crippen LogP contribution in [0.3, 0.4) is 0 Å². The number of fused-ring (bicyclic) bond motifs is 1. The van der Waals surface area contributed by atoms with E-state index in [2.05, 4.69) is 22.5 Å². The van der Waals surface area contributed by atoms with E-state index in [0.717, 1.165) is 10.8 Å². The molecule has 3 aliphatic rings. The summed E-state index contributed by atoms with van der Waals surface area (Å²) >= 11 is 1.79. The van der Waals surface area contributed by atoms with Crippen molar-refractivity contribution in [3.05, 3.63) is 24.0 Å². The number of aliphatic imine (C=N–C) groups is 1. The van der Waals surface area contributed by atoms with Gasteiger partial charge in [0.05, 0.1) is 23.4 Å². The van der Waals surface area contributed by atoms with E-state index in [-0.39, 0.29) is 24.2 Å². The lowest BCUT2D eigenvalue weighted by Crippen LogP contribution is -2.31. The van der Waals surface area contributed by atoms with Crippen LogP contribution in [0.1, 0.15) is 13.3 Å². The fraction of sp³-hybridized carbons (Fsp3) is 0.571. The molecule has 0 spiro atoms. The molecule has 5 nitrogen and oxygen atoms in total. The van der Waals surface area contributed by atoms with Crippen molar-refractivity contribution in [3.8, 4) is 0 Å². The standard InChI is InChI=1S/C14H18N2O3S/c1-8-16-11-5-9(3-4-13(11)20-8)19-10-6-12(15-7-10)14(17)18-2/h3-5,10-13,15H,6-7H2,1-2H3/t10-,11?,12+,13?/m1/s1. The van der Waals surface area contributed by atoms with Crippen molar-refractivity contribution >= 4 is 22.8 Å². The first-order valence-electron chi connectivity index (χ1n) is 6.74. The van der Waals surface area contributed by atoms with Crippen molar-refractivity contribution in [2.75, 3.05) is 13.7 Å². The first kappa shape index (κ1) is 13.7. The molecular formula is C14H18N2O3S. The third-order valence-electron chi connectivity index (χ3n) is 3.64. The van der Waals surface area contributed by atoms with Gasteiger partial charge in [-0.2, -0.15) is 0 Å². The number of hydrogen-bond acceptors (Lipinski definition) is 6. The molecule has 3 rings (SSSR count). The highest BCUT2D eigenvalue weighted by Gasteiger charge is 2.33. The molecule has 0 aromatic heterocycles. The number of carbonyl (C=O) groups excluding carboxylic acids is 1. The van der Waals surface area contributed by atoms with Gasteiger partial charge in [-0.05, 0) is 19.1 Å². The molecular weight excluding hydrogens is 276 g/mol. The first-order chi connectivity index (χ1) is 9.65. The fourth-order valence-corrected chi connectivity index (χ4v) is 3.68. The number of nitrogens with zero attached hydrogens (tertiary/aromatic N) is 1. The van der Waals surface area contributed by atoms with E-state index in [0.29, 0.717) is 18.2 Å². The Kier molecular flexibility index (Phi) is 3.85. The van der Waals surface area contributed by atoms with E-state index in [4.69, 9.17) is 9.47 Å². The van der Waals surface area contributed by atoms with E-state index in [1.54, 1.807) is 11.8 Å². The molecule has 1 aliphatic carbocycles. The van der Waals surface area contributed by atoms with Gasteiger partial charge in [0.1, 0.15) is 17.9 Å². The van der Waals surface area contributed by atoms with Crippen molar-refractivity contribution < 1.29 is 14.3 Å². The Balaban J connectivity index is 1.58. The van der Waals surface area contributed by atoms with Gasteiger partial charge < -0.3 is 14.8 Å². The van der Waals surface area contributed by atoms with Gasteiger partial charge in [-0.25, -0.2) is 0 Å². The number of carbonyl (C=O) groups is 1. The molecule has 2 heterocycles. The van der Waals surface area contributed by atoms with Gasteiger partial charge in [0.2, 0.25) is 0 Å². The number of rotatable bonds is 3. The molecule has 4 atom stereocenters. The number of nitrogens with one attached hydrogen (secondary N) is 1. The fourth-order valence-electron chi connectivity index (χ4n) is 2.67. The number of thioether (sulfide) groups is 1. The smallest absolute Gasteiger partial charge is 0.323 e. The minimum Gasteiger partial charge on any atom is -0.489 e. The zero-order valence-electron chi connectivity index (χ0n) is 11.5. The van der Waals surface area contributed by atoms with Crippen LogP contribution in [0.4, 0.5) is 0 Å². The van der Waals surface area contributed by atoms with Gasteiger partial charge in [0.15, 0.2) is 0 Å². The summed E-state index contributed by atoms with van der Waals surface area (Å²) in [5, 5.41) is 4.65. The maximum absolute atomic E-state index is 11.4. The molecule has 0 amide bonds. The lowest BCUT2D eigenvalue weighted by Gasteiger charge is -2.20.